The van der Waals surface area contributed by atoms with Crippen molar-refractivity contribution in [2.45, 2.75) is 112 Å². The molecule has 0 bridgehead atoms. The molecule has 2 aliphatic heterocycles. The van der Waals surface area contributed by atoms with Gasteiger partial charge in [-0.2, -0.15) is 11.8 Å². The molecule has 0 radical (unpaired) electrons. The maximum absolute atomic E-state index is 11.3. The number of aliphatic carboxylic acids is 1. The van der Waals surface area contributed by atoms with Gasteiger partial charge >= 0.3 is 11.9 Å². The van der Waals surface area contributed by atoms with Crippen LogP contribution in [0.25, 0.3) is 0 Å². The smallest absolute Gasteiger partial charge is 0.303 e. The highest BCUT2D eigenvalue weighted by atomic mass is 32.2. The number of esters is 1. The number of carboxylic acid groups (broad SMARTS) is 1. The van der Waals surface area contributed by atoms with E-state index in [9.17, 15) is 9.59 Å². The number of hydrogen-bond donors (Lipinski definition) is 1. The molecule has 1 unspecified atom stereocenters. The van der Waals surface area contributed by atoms with E-state index < -0.39 is 5.97 Å². The molecular weight excluding hydrogens is 504 g/mol. The van der Waals surface area contributed by atoms with E-state index in [1.165, 1.54) is 32.6 Å². The Hall–Kier alpha value is -0.0900. The van der Waals surface area contributed by atoms with Crippen LogP contribution in [0, 0.1) is 0 Å². The summed E-state index contributed by atoms with van der Waals surface area (Å²) in [7, 11) is 0. The van der Waals surface area contributed by atoms with Crippen LogP contribution in [0.1, 0.15) is 97.3 Å². The zero-order valence-corrected chi connectivity index (χ0v) is 24.2. The van der Waals surface area contributed by atoms with Gasteiger partial charge in [0.2, 0.25) is 0 Å². The van der Waals surface area contributed by atoms with E-state index in [1.54, 1.807) is 0 Å². The van der Waals surface area contributed by atoms with Crippen LogP contribution >= 0.6 is 35.3 Å². The Morgan fingerprint density at radius 3 is 2.31 bits per heavy atom. The summed E-state index contributed by atoms with van der Waals surface area (Å²) in [5.74, 6) is 1.90. The molecule has 9 heteroatoms. The van der Waals surface area contributed by atoms with E-state index in [2.05, 4.69) is 6.92 Å². The third kappa shape index (κ3) is 11.9. The molecule has 2 rings (SSSR count). The lowest BCUT2D eigenvalue weighted by molar-refractivity contribution is -0.140. The van der Waals surface area contributed by atoms with E-state index in [4.69, 9.17) is 19.3 Å². The monoisotopic (exact) mass is 550 g/mol. The van der Waals surface area contributed by atoms with Crippen LogP contribution in [-0.4, -0.2) is 69.2 Å². The summed E-state index contributed by atoms with van der Waals surface area (Å²) in [6.07, 6.45) is 13.3. The van der Waals surface area contributed by atoms with Gasteiger partial charge in [-0.05, 0) is 32.1 Å². The van der Waals surface area contributed by atoms with Crippen molar-refractivity contribution in [2.75, 3.05) is 37.1 Å². The number of unbranched alkanes of at least 4 members (excludes halogenated alkanes) is 7. The second kappa shape index (κ2) is 17.4. The molecule has 0 aliphatic carbocycles. The number of rotatable bonds is 20. The van der Waals surface area contributed by atoms with Gasteiger partial charge in [-0.25, -0.2) is 0 Å². The molecule has 204 valence electrons. The fourth-order valence-corrected chi connectivity index (χ4v) is 9.14. The molecule has 3 atom stereocenters. The molecule has 2 fully saturated rings. The van der Waals surface area contributed by atoms with Gasteiger partial charge in [0.05, 0.1) is 13.2 Å². The summed E-state index contributed by atoms with van der Waals surface area (Å²) in [6.45, 7) is 5.74. The van der Waals surface area contributed by atoms with Crippen LogP contribution in [0.5, 0.6) is 0 Å². The third-order valence-electron chi connectivity index (χ3n) is 6.61. The summed E-state index contributed by atoms with van der Waals surface area (Å²) < 4.78 is 18.2. The Bertz CT molecular complexity index is 606. The number of carbonyl (C=O) groups is 2. The number of ether oxygens (including phenoxy) is 3. The Morgan fingerprint density at radius 2 is 1.66 bits per heavy atom. The number of thioether (sulfide) groups is 3. The number of carbonyl (C=O) groups excluding carboxylic acids is 1. The summed E-state index contributed by atoms with van der Waals surface area (Å²) in [6, 6.07) is 0. The summed E-state index contributed by atoms with van der Waals surface area (Å²) in [4.78, 5) is 21.6. The fraction of sp³-hybridized carbons (Fsp3) is 0.923. The Kier molecular flexibility index (Phi) is 15.5. The largest absolute Gasteiger partial charge is 0.481 e. The van der Waals surface area contributed by atoms with Gasteiger partial charge in [-0.1, -0.05) is 45.4 Å². The minimum absolute atomic E-state index is 0.136. The molecule has 35 heavy (non-hydrogen) atoms. The third-order valence-corrected chi connectivity index (χ3v) is 11.0. The minimum Gasteiger partial charge on any atom is -0.481 e. The zero-order valence-electron chi connectivity index (χ0n) is 21.7. The van der Waals surface area contributed by atoms with Crippen molar-refractivity contribution < 1.29 is 28.9 Å². The molecule has 0 aromatic rings. The standard InChI is InChI=1S/C26H46O6S3/c1-3-4-5-10-13-25(31-16-19-34-25)21-23(33-18-15-30-22(2)27)26(32-17-20-35-26)14-11-8-6-7-9-12-24(28)29/h23H,3-21H2,1-2H3,(H,28,29)/t23?,25-,26+/m0/s1. The molecule has 0 aromatic heterocycles. The SMILES string of the molecule is CCCCCC[C@]1(CC(SCCOC(C)=O)[C@]2(CCCCCCCC(=O)O)OCCS2)OCCS1. The molecule has 1 N–H and O–H groups in total. The molecule has 6 nitrogen and oxygen atoms in total. The van der Waals surface area contributed by atoms with Crippen molar-refractivity contribution >= 4 is 47.2 Å². The maximum atomic E-state index is 11.3. The average Bonchev–Trinajstić information content (AvgIpc) is 3.49. The Balaban J connectivity index is 2.00. The van der Waals surface area contributed by atoms with Crippen molar-refractivity contribution in [2.24, 2.45) is 0 Å². The highest BCUT2D eigenvalue weighted by Crippen LogP contribution is 2.51. The minimum atomic E-state index is -0.705. The first-order valence-electron chi connectivity index (χ1n) is 13.4. The first-order valence-corrected chi connectivity index (χ1v) is 16.5. The van der Waals surface area contributed by atoms with Gasteiger partial charge in [-0.15, -0.1) is 23.5 Å². The van der Waals surface area contributed by atoms with E-state index in [0.29, 0.717) is 6.61 Å². The molecule has 2 saturated heterocycles. The second-order valence-electron chi connectivity index (χ2n) is 9.49. The molecule has 0 aromatic carbocycles. The first kappa shape index (κ1) is 31.1. The van der Waals surface area contributed by atoms with Crippen LogP contribution in [0.4, 0.5) is 0 Å². The quantitative estimate of drug-likeness (QED) is 0.131. The van der Waals surface area contributed by atoms with Gasteiger partial charge in [0.15, 0.2) is 0 Å². The summed E-state index contributed by atoms with van der Waals surface area (Å²) >= 11 is 5.82. The fourth-order valence-electron chi connectivity index (χ4n) is 4.82. The van der Waals surface area contributed by atoms with Crippen molar-refractivity contribution in [1.82, 2.24) is 0 Å². The molecule has 0 spiro atoms. The second-order valence-corrected chi connectivity index (χ2v) is 13.6. The molecule has 0 amide bonds. The molecule has 2 heterocycles. The molecule has 2 aliphatic rings. The van der Waals surface area contributed by atoms with Crippen molar-refractivity contribution in [3.8, 4) is 0 Å². The van der Waals surface area contributed by atoms with Gasteiger partial charge in [0, 0.05) is 42.3 Å². The number of hydrogen-bond acceptors (Lipinski definition) is 8. The summed E-state index contributed by atoms with van der Waals surface area (Å²) in [5, 5.41) is 9.10. The van der Waals surface area contributed by atoms with Crippen LogP contribution < -0.4 is 0 Å². The Labute approximate surface area is 225 Å². The van der Waals surface area contributed by atoms with E-state index in [0.717, 1.165) is 81.8 Å². The Morgan fingerprint density at radius 1 is 0.971 bits per heavy atom. The highest BCUT2D eigenvalue weighted by Gasteiger charge is 2.48. The lowest BCUT2D eigenvalue weighted by atomic mass is 9.98. The van der Waals surface area contributed by atoms with Crippen LogP contribution in [-0.2, 0) is 23.8 Å². The predicted molar refractivity (Wildman–Crippen MR) is 148 cm³/mol. The van der Waals surface area contributed by atoms with E-state index in [1.807, 2.05) is 35.3 Å². The lowest BCUT2D eigenvalue weighted by Gasteiger charge is -2.40. The van der Waals surface area contributed by atoms with Crippen molar-refractivity contribution in [3.63, 3.8) is 0 Å². The van der Waals surface area contributed by atoms with Crippen molar-refractivity contribution in [1.29, 1.82) is 0 Å². The van der Waals surface area contributed by atoms with E-state index >= 15 is 0 Å². The first-order chi connectivity index (χ1) is 16.9. The van der Waals surface area contributed by atoms with Crippen LogP contribution in [0.2, 0.25) is 0 Å². The normalized spacial score (nSPS) is 25.1. The maximum Gasteiger partial charge on any atom is 0.303 e. The van der Waals surface area contributed by atoms with Crippen LogP contribution in [0.15, 0.2) is 0 Å². The van der Waals surface area contributed by atoms with Gasteiger partial charge in [-0.3, -0.25) is 9.59 Å². The molecule has 0 saturated carbocycles. The summed E-state index contributed by atoms with van der Waals surface area (Å²) in [5.41, 5.74) is 0. The van der Waals surface area contributed by atoms with Gasteiger partial charge in [0.25, 0.3) is 0 Å². The predicted octanol–water partition coefficient (Wildman–Crippen LogP) is 6.75. The van der Waals surface area contributed by atoms with E-state index in [-0.39, 0.29) is 27.5 Å². The highest BCUT2D eigenvalue weighted by molar-refractivity contribution is 8.04. The zero-order chi connectivity index (χ0) is 25.4. The van der Waals surface area contributed by atoms with Gasteiger partial charge in [0.1, 0.15) is 16.5 Å². The number of carboxylic acids is 1. The van der Waals surface area contributed by atoms with Crippen molar-refractivity contribution in [3.05, 3.63) is 0 Å². The topological polar surface area (TPSA) is 82.1 Å². The lowest BCUT2D eigenvalue weighted by Crippen LogP contribution is -2.43. The van der Waals surface area contributed by atoms with Gasteiger partial charge < -0.3 is 19.3 Å². The average molecular weight is 551 g/mol. The molecular formula is C26H46O6S3. The van der Waals surface area contributed by atoms with Crippen LogP contribution in [0.3, 0.4) is 0 Å².